The molecule has 0 amide bonds. The van der Waals surface area contributed by atoms with E-state index in [1.807, 2.05) is 30.3 Å². The average Bonchev–Trinajstić information content (AvgIpc) is 2.37. The van der Waals surface area contributed by atoms with E-state index in [1.54, 1.807) is 0 Å². The number of benzene rings is 1. The van der Waals surface area contributed by atoms with Crippen molar-refractivity contribution in [2.75, 3.05) is 6.54 Å². The lowest BCUT2D eigenvalue weighted by Gasteiger charge is -2.24. The van der Waals surface area contributed by atoms with E-state index in [0.717, 1.165) is 31.4 Å². The molecule has 0 aliphatic heterocycles. The molecule has 2 atom stereocenters. The van der Waals surface area contributed by atoms with Crippen LogP contribution in [0.5, 0.6) is 0 Å². The molecule has 1 aromatic carbocycles. The van der Waals surface area contributed by atoms with Crippen LogP contribution in [0.25, 0.3) is 0 Å². The lowest BCUT2D eigenvalue weighted by Crippen LogP contribution is -2.16. The summed E-state index contributed by atoms with van der Waals surface area (Å²) in [6, 6.07) is 9.92. The van der Waals surface area contributed by atoms with E-state index in [4.69, 9.17) is 10.5 Å². The average molecular weight is 249 g/mol. The molecule has 0 unspecified atom stereocenters. The molecular formula is C15H23NO2. The number of unbranched alkanes of at least 4 members (excludes halogenated alkanes) is 1. The number of hydrogen-bond acceptors (Lipinski definition) is 3. The minimum absolute atomic E-state index is 0.151. The van der Waals surface area contributed by atoms with Gasteiger partial charge in [0.15, 0.2) is 0 Å². The Morgan fingerprint density at radius 1 is 1.28 bits per heavy atom. The number of carbonyl (C=O) groups excluding carboxylic acids is 1. The van der Waals surface area contributed by atoms with E-state index in [2.05, 4.69) is 6.92 Å². The topological polar surface area (TPSA) is 52.3 Å². The Kier molecular flexibility index (Phi) is 6.44. The van der Waals surface area contributed by atoms with Gasteiger partial charge in [-0.25, -0.2) is 0 Å². The standard InChI is InChI=1S/C15H23NO2/c1-12(8-6-7-11-16)15(18-13(2)17)14-9-4-3-5-10-14/h3-5,9-10,12,15H,6-8,11,16H2,1-2H3/t12-,15+/m1/s1. The molecule has 3 nitrogen and oxygen atoms in total. The van der Waals surface area contributed by atoms with Crippen LogP contribution in [0.15, 0.2) is 30.3 Å². The highest BCUT2D eigenvalue weighted by Crippen LogP contribution is 2.29. The second-order valence-corrected chi connectivity index (χ2v) is 4.70. The quantitative estimate of drug-likeness (QED) is 0.597. The van der Waals surface area contributed by atoms with Crippen LogP contribution < -0.4 is 5.73 Å². The zero-order valence-corrected chi connectivity index (χ0v) is 11.3. The van der Waals surface area contributed by atoms with Gasteiger partial charge in [-0.05, 0) is 30.9 Å². The summed E-state index contributed by atoms with van der Waals surface area (Å²) < 4.78 is 5.46. The summed E-state index contributed by atoms with van der Waals surface area (Å²) in [5.74, 6) is 0.0809. The van der Waals surface area contributed by atoms with Gasteiger partial charge in [0.25, 0.3) is 0 Å². The van der Waals surface area contributed by atoms with Crippen LogP contribution in [0.4, 0.5) is 0 Å². The molecule has 0 aliphatic rings. The second-order valence-electron chi connectivity index (χ2n) is 4.70. The van der Waals surface area contributed by atoms with E-state index < -0.39 is 0 Å². The van der Waals surface area contributed by atoms with Crippen molar-refractivity contribution in [3.63, 3.8) is 0 Å². The van der Waals surface area contributed by atoms with E-state index >= 15 is 0 Å². The maximum Gasteiger partial charge on any atom is 0.303 e. The summed E-state index contributed by atoms with van der Waals surface area (Å²) in [7, 11) is 0. The fraction of sp³-hybridized carbons (Fsp3) is 0.533. The van der Waals surface area contributed by atoms with Crippen molar-refractivity contribution in [3.8, 4) is 0 Å². The smallest absolute Gasteiger partial charge is 0.303 e. The van der Waals surface area contributed by atoms with Gasteiger partial charge in [0.2, 0.25) is 0 Å². The molecule has 0 spiro atoms. The van der Waals surface area contributed by atoms with Gasteiger partial charge >= 0.3 is 5.97 Å². The number of hydrogen-bond donors (Lipinski definition) is 1. The monoisotopic (exact) mass is 249 g/mol. The second kappa shape index (κ2) is 7.88. The summed E-state index contributed by atoms with van der Waals surface area (Å²) in [4.78, 5) is 11.2. The molecule has 18 heavy (non-hydrogen) atoms. The van der Waals surface area contributed by atoms with E-state index in [9.17, 15) is 4.79 Å². The fourth-order valence-electron chi connectivity index (χ4n) is 2.10. The maximum atomic E-state index is 11.2. The number of nitrogens with two attached hydrogens (primary N) is 1. The first-order valence-corrected chi connectivity index (χ1v) is 6.57. The summed E-state index contributed by atoms with van der Waals surface area (Å²) in [5.41, 5.74) is 6.56. The number of rotatable bonds is 7. The molecule has 0 fully saturated rings. The highest BCUT2D eigenvalue weighted by atomic mass is 16.5. The molecule has 0 aliphatic carbocycles. The number of carbonyl (C=O) groups is 1. The SMILES string of the molecule is CC(=O)O[C@H](c1ccccc1)[C@H](C)CCCCN. The van der Waals surface area contributed by atoms with Crippen LogP contribution in [0.3, 0.4) is 0 Å². The van der Waals surface area contributed by atoms with Gasteiger partial charge in [0.05, 0.1) is 0 Å². The minimum Gasteiger partial charge on any atom is -0.457 e. The third kappa shape index (κ3) is 4.88. The van der Waals surface area contributed by atoms with E-state index in [1.165, 1.54) is 6.92 Å². The summed E-state index contributed by atoms with van der Waals surface area (Å²) in [6.45, 7) is 4.30. The van der Waals surface area contributed by atoms with Crippen LogP contribution >= 0.6 is 0 Å². The Hall–Kier alpha value is -1.35. The molecule has 100 valence electrons. The predicted octanol–water partition coefficient (Wildman–Crippen LogP) is 3.06. The molecule has 2 N–H and O–H groups in total. The van der Waals surface area contributed by atoms with Gasteiger partial charge in [0.1, 0.15) is 6.10 Å². The molecule has 0 radical (unpaired) electrons. The molecule has 0 saturated heterocycles. The Morgan fingerprint density at radius 3 is 2.50 bits per heavy atom. The summed E-state index contributed by atoms with van der Waals surface area (Å²) in [5, 5.41) is 0. The van der Waals surface area contributed by atoms with Crippen molar-refractivity contribution in [1.82, 2.24) is 0 Å². The van der Waals surface area contributed by atoms with Gasteiger partial charge < -0.3 is 10.5 Å². The van der Waals surface area contributed by atoms with Crippen molar-refractivity contribution in [2.24, 2.45) is 11.7 Å². The Bertz CT molecular complexity index is 351. The first kappa shape index (κ1) is 14.7. The van der Waals surface area contributed by atoms with Crippen LogP contribution in [-0.2, 0) is 9.53 Å². The van der Waals surface area contributed by atoms with Crippen molar-refractivity contribution in [1.29, 1.82) is 0 Å². The lowest BCUT2D eigenvalue weighted by atomic mass is 9.92. The predicted molar refractivity (Wildman–Crippen MR) is 73.0 cm³/mol. The highest BCUT2D eigenvalue weighted by Gasteiger charge is 2.21. The van der Waals surface area contributed by atoms with E-state index in [-0.39, 0.29) is 12.1 Å². The molecule has 1 rings (SSSR count). The van der Waals surface area contributed by atoms with Crippen LogP contribution in [-0.4, -0.2) is 12.5 Å². The largest absolute Gasteiger partial charge is 0.457 e. The normalized spacial score (nSPS) is 13.9. The Labute approximate surface area is 109 Å². The highest BCUT2D eigenvalue weighted by molar-refractivity contribution is 5.66. The molecule has 0 heterocycles. The Balaban J connectivity index is 2.69. The molecule has 3 heteroatoms. The maximum absolute atomic E-state index is 11.2. The summed E-state index contributed by atoms with van der Waals surface area (Å²) >= 11 is 0. The minimum atomic E-state index is -0.227. The molecule has 0 bridgehead atoms. The Morgan fingerprint density at radius 2 is 1.94 bits per heavy atom. The number of ether oxygens (including phenoxy) is 1. The van der Waals surface area contributed by atoms with E-state index in [0.29, 0.717) is 5.92 Å². The van der Waals surface area contributed by atoms with Crippen LogP contribution in [0.1, 0.15) is 44.8 Å². The van der Waals surface area contributed by atoms with Crippen molar-refractivity contribution >= 4 is 5.97 Å². The van der Waals surface area contributed by atoms with Crippen molar-refractivity contribution in [2.45, 2.75) is 39.2 Å². The van der Waals surface area contributed by atoms with Gasteiger partial charge in [-0.2, -0.15) is 0 Å². The van der Waals surface area contributed by atoms with Gasteiger partial charge in [-0.1, -0.05) is 43.7 Å². The third-order valence-electron chi connectivity index (χ3n) is 3.05. The first-order valence-electron chi connectivity index (χ1n) is 6.57. The molecule has 1 aromatic rings. The zero-order chi connectivity index (χ0) is 13.4. The number of esters is 1. The van der Waals surface area contributed by atoms with Gasteiger partial charge in [-0.15, -0.1) is 0 Å². The zero-order valence-electron chi connectivity index (χ0n) is 11.3. The fourth-order valence-corrected chi connectivity index (χ4v) is 2.10. The lowest BCUT2D eigenvalue weighted by molar-refractivity contribution is -0.149. The summed E-state index contributed by atoms with van der Waals surface area (Å²) in [6.07, 6.45) is 2.96. The van der Waals surface area contributed by atoms with Gasteiger partial charge in [0, 0.05) is 6.92 Å². The third-order valence-corrected chi connectivity index (χ3v) is 3.05. The van der Waals surface area contributed by atoms with Crippen LogP contribution in [0, 0.1) is 5.92 Å². The molecule has 0 aromatic heterocycles. The van der Waals surface area contributed by atoms with Gasteiger partial charge in [-0.3, -0.25) is 4.79 Å². The van der Waals surface area contributed by atoms with Crippen LogP contribution in [0.2, 0.25) is 0 Å². The van der Waals surface area contributed by atoms with Crippen molar-refractivity contribution < 1.29 is 9.53 Å². The van der Waals surface area contributed by atoms with Crippen molar-refractivity contribution in [3.05, 3.63) is 35.9 Å². The molecular weight excluding hydrogens is 226 g/mol. The molecule has 0 saturated carbocycles. The first-order chi connectivity index (χ1) is 8.65.